The molecule has 2 heteroatoms. The molecule has 0 aliphatic carbocycles. The maximum Gasteiger partial charge on any atom is 0.118 e. The monoisotopic (exact) mass is 207 g/mol. The summed E-state index contributed by atoms with van der Waals surface area (Å²) in [5.41, 5.74) is 7.57. The van der Waals surface area contributed by atoms with E-state index in [1.165, 1.54) is 5.56 Å². The third kappa shape index (κ3) is 3.92. The first kappa shape index (κ1) is 12.1. The van der Waals surface area contributed by atoms with Crippen LogP contribution in [0, 0.1) is 5.41 Å². The highest BCUT2D eigenvalue weighted by molar-refractivity contribution is 5.28. The molecule has 0 bridgehead atoms. The van der Waals surface area contributed by atoms with Crippen LogP contribution in [0.1, 0.15) is 38.8 Å². The van der Waals surface area contributed by atoms with Gasteiger partial charge >= 0.3 is 0 Å². The molecule has 1 aromatic carbocycles. The van der Waals surface area contributed by atoms with Crippen LogP contribution in [0.5, 0.6) is 5.75 Å². The first-order chi connectivity index (χ1) is 6.92. The van der Waals surface area contributed by atoms with E-state index in [9.17, 15) is 0 Å². The smallest absolute Gasteiger partial charge is 0.118 e. The van der Waals surface area contributed by atoms with Gasteiger partial charge in [0.2, 0.25) is 0 Å². The van der Waals surface area contributed by atoms with Crippen LogP contribution >= 0.6 is 0 Å². The Kier molecular flexibility index (Phi) is 3.75. The standard InChI is InChI=1S/C13H21NO/c1-13(2,3)9-12(14)10-5-7-11(15-4)8-6-10/h5-8,12H,9,14H2,1-4H3. The van der Waals surface area contributed by atoms with Gasteiger partial charge in [-0.15, -0.1) is 0 Å². The van der Waals surface area contributed by atoms with Gasteiger partial charge in [-0.05, 0) is 29.5 Å². The summed E-state index contributed by atoms with van der Waals surface area (Å²) < 4.78 is 5.11. The average molecular weight is 207 g/mol. The van der Waals surface area contributed by atoms with Gasteiger partial charge in [0.05, 0.1) is 7.11 Å². The SMILES string of the molecule is COc1ccc(C(N)CC(C)(C)C)cc1. The van der Waals surface area contributed by atoms with E-state index in [2.05, 4.69) is 20.8 Å². The van der Waals surface area contributed by atoms with Crippen molar-refractivity contribution in [3.8, 4) is 5.75 Å². The van der Waals surface area contributed by atoms with Crippen molar-refractivity contribution in [2.24, 2.45) is 11.1 Å². The largest absolute Gasteiger partial charge is 0.497 e. The molecule has 84 valence electrons. The van der Waals surface area contributed by atoms with Crippen molar-refractivity contribution >= 4 is 0 Å². The molecule has 2 nitrogen and oxygen atoms in total. The maximum absolute atomic E-state index is 6.13. The molecular weight excluding hydrogens is 186 g/mol. The number of rotatable bonds is 3. The van der Waals surface area contributed by atoms with Crippen LogP contribution in [0.25, 0.3) is 0 Å². The van der Waals surface area contributed by atoms with Gasteiger partial charge < -0.3 is 10.5 Å². The fourth-order valence-electron chi connectivity index (χ4n) is 1.63. The second kappa shape index (κ2) is 4.67. The lowest BCUT2D eigenvalue weighted by molar-refractivity contribution is 0.342. The van der Waals surface area contributed by atoms with Gasteiger partial charge in [0.15, 0.2) is 0 Å². The van der Waals surface area contributed by atoms with E-state index in [1.807, 2.05) is 24.3 Å². The van der Waals surface area contributed by atoms with Gasteiger partial charge in [0.25, 0.3) is 0 Å². The molecule has 0 heterocycles. The van der Waals surface area contributed by atoms with Crippen molar-refractivity contribution in [2.75, 3.05) is 7.11 Å². The van der Waals surface area contributed by atoms with Crippen LogP contribution in [0.3, 0.4) is 0 Å². The third-order valence-corrected chi connectivity index (χ3v) is 2.38. The molecule has 0 saturated heterocycles. The molecule has 0 aliphatic heterocycles. The summed E-state index contributed by atoms with van der Waals surface area (Å²) in [6, 6.07) is 8.09. The lowest BCUT2D eigenvalue weighted by Gasteiger charge is -2.23. The highest BCUT2D eigenvalue weighted by Gasteiger charge is 2.16. The van der Waals surface area contributed by atoms with E-state index in [0.29, 0.717) is 0 Å². The Morgan fingerprint density at radius 2 is 1.73 bits per heavy atom. The molecule has 1 rings (SSSR count). The summed E-state index contributed by atoms with van der Waals surface area (Å²) in [7, 11) is 1.67. The molecule has 0 radical (unpaired) electrons. The summed E-state index contributed by atoms with van der Waals surface area (Å²) in [4.78, 5) is 0. The van der Waals surface area contributed by atoms with Crippen LogP contribution in [0.2, 0.25) is 0 Å². The number of methoxy groups -OCH3 is 1. The summed E-state index contributed by atoms with van der Waals surface area (Å²) in [6.07, 6.45) is 0.985. The fraction of sp³-hybridized carbons (Fsp3) is 0.538. The van der Waals surface area contributed by atoms with Crippen LogP contribution in [0.15, 0.2) is 24.3 Å². The van der Waals surface area contributed by atoms with Crippen LogP contribution in [0.4, 0.5) is 0 Å². The zero-order valence-corrected chi connectivity index (χ0v) is 10.1. The molecule has 1 unspecified atom stereocenters. The van der Waals surface area contributed by atoms with Gasteiger partial charge in [-0.3, -0.25) is 0 Å². The minimum Gasteiger partial charge on any atom is -0.497 e. The van der Waals surface area contributed by atoms with Gasteiger partial charge in [0.1, 0.15) is 5.75 Å². The Morgan fingerprint density at radius 1 is 1.20 bits per heavy atom. The predicted octanol–water partition coefficient (Wildman–Crippen LogP) is 3.13. The Morgan fingerprint density at radius 3 is 2.13 bits per heavy atom. The van der Waals surface area contributed by atoms with Crippen molar-refractivity contribution in [1.82, 2.24) is 0 Å². The molecule has 0 aromatic heterocycles. The summed E-state index contributed by atoms with van der Waals surface area (Å²) in [5, 5.41) is 0. The van der Waals surface area contributed by atoms with Crippen LogP contribution < -0.4 is 10.5 Å². The van der Waals surface area contributed by atoms with E-state index < -0.39 is 0 Å². The molecule has 0 saturated carbocycles. The average Bonchev–Trinajstić information content (AvgIpc) is 2.15. The van der Waals surface area contributed by atoms with Crippen LogP contribution in [-0.4, -0.2) is 7.11 Å². The molecule has 1 aromatic rings. The lowest BCUT2D eigenvalue weighted by Crippen LogP contribution is -2.18. The number of hydrogen-bond donors (Lipinski definition) is 1. The van der Waals surface area contributed by atoms with Gasteiger partial charge in [-0.2, -0.15) is 0 Å². The molecule has 15 heavy (non-hydrogen) atoms. The quantitative estimate of drug-likeness (QED) is 0.826. The van der Waals surface area contributed by atoms with Crippen molar-refractivity contribution in [3.05, 3.63) is 29.8 Å². The minimum atomic E-state index is 0.107. The lowest BCUT2D eigenvalue weighted by atomic mass is 9.86. The van der Waals surface area contributed by atoms with E-state index in [4.69, 9.17) is 10.5 Å². The number of ether oxygens (including phenoxy) is 1. The third-order valence-electron chi connectivity index (χ3n) is 2.38. The molecule has 1 atom stereocenters. The minimum absolute atomic E-state index is 0.107. The summed E-state index contributed by atoms with van der Waals surface area (Å²) in [6.45, 7) is 6.61. The zero-order chi connectivity index (χ0) is 11.5. The van der Waals surface area contributed by atoms with Crippen LogP contribution in [-0.2, 0) is 0 Å². The molecule has 0 aliphatic rings. The summed E-state index contributed by atoms with van der Waals surface area (Å²) >= 11 is 0. The Labute approximate surface area is 92.4 Å². The first-order valence-electron chi connectivity index (χ1n) is 5.32. The maximum atomic E-state index is 6.13. The molecule has 0 fully saturated rings. The van der Waals surface area contributed by atoms with E-state index in [-0.39, 0.29) is 11.5 Å². The van der Waals surface area contributed by atoms with Crippen molar-refractivity contribution in [1.29, 1.82) is 0 Å². The second-order valence-electron chi connectivity index (χ2n) is 5.14. The Hall–Kier alpha value is -1.02. The zero-order valence-electron chi connectivity index (χ0n) is 10.1. The Bertz CT molecular complexity index is 297. The number of nitrogens with two attached hydrogens (primary N) is 1. The number of hydrogen-bond acceptors (Lipinski definition) is 2. The first-order valence-corrected chi connectivity index (χ1v) is 5.32. The fourth-order valence-corrected chi connectivity index (χ4v) is 1.63. The van der Waals surface area contributed by atoms with E-state index >= 15 is 0 Å². The van der Waals surface area contributed by atoms with Crippen molar-refractivity contribution in [3.63, 3.8) is 0 Å². The van der Waals surface area contributed by atoms with Crippen molar-refractivity contribution in [2.45, 2.75) is 33.2 Å². The van der Waals surface area contributed by atoms with E-state index in [0.717, 1.165) is 12.2 Å². The summed E-state index contributed by atoms with van der Waals surface area (Å²) in [5.74, 6) is 0.877. The van der Waals surface area contributed by atoms with Gasteiger partial charge in [-0.1, -0.05) is 32.9 Å². The highest BCUT2D eigenvalue weighted by Crippen LogP contribution is 2.28. The molecule has 0 spiro atoms. The molecule has 2 N–H and O–H groups in total. The number of benzene rings is 1. The normalized spacial score (nSPS) is 13.7. The topological polar surface area (TPSA) is 35.2 Å². The highest BCUT2D eigenvalue weighted by atomic mass is 16.5. The molecular formula is C13H21NO. The van der Waals surface area contributed by atoms with E-state index in [1.54, 1.807) is 7.11 Å². The van der Waals surface area contributed by atoms with Gasteiger partial charge in [-0.25, -0.2) is 0 Å². The van der Waals surface area contributed by atoms with Crippen molar-refractivity contribution < 1.29 is 4.74 Å². The van der Waals surface area contributed by atoms with Gasteiger partial charge in [0, 0.05) is 6.04 Å². The molecule has 0 amide bonds. The predicted molar refractivity (Wildman–Crippen MR) is 64.0 cm³/mol. The Balaban J connectivity index is 2.70. The second-order valence-corrected chi connectivity index (χ2v) is 5.14.